The molecule has 150 valence electrons. The molecular weight excluding hydrogens is 408 g/mol. The molecule has 3 aromatic rings. The van der Waals surface area contributed by atoms with E-state index >= 15 is 0 Å². The minimum absolute atomic E-state index is 0.0924. The van der Waals surface area contributed by atoms with Crippen LogP contribution in [-0.4, -0.2) is 12.8 Å². The van der Waals surface area contributed by atoms with Gasteiger partial charge >= 0.3 is 0 Å². The van der Waals surface area contributed by atoms with Crippen molar-refractivity contribution >= 4 is 50.9 Å². The van der Waals surface area contributed by atoms with Crippen molar-refractivity contribution in [1.29, 1.82) is 0 Å². The number of ketones is 1. The van der Waals surface area contributed by atoms with Crippen LogP contribution in [0.4, 0.5) is 5.69 Å². The highest BCUT2D eigenvalue weighted by atomic mass is 32.2. The smallest absolute Gasteiger partial charge is 0.245 e. The van der Waals surface area contributed by atoms with Gasteiger partial charge in [-0.3, -0.25) is 6.58 Å². The van der Waals surface area contributed by atoms with Gasteiger partial charge in [-0.2, -0.15) is 4.57 Å². The van der Waals surface area contributed by atoms with E-state index in [0.717, 1.165) is 10.0 Å². The van der Waals surface area contributed by atoms with Gasteiger partial charge in [0.15, 0.2) is 0 Å². The van der Waals surface area contributed by atoms with E-state index in [2.05, 4.69) is 59.7 Å². The summed E-state index contributed by atoms with van der Waals surface area (Å²) in [4.78, 5) is 16.3. The Hall–Kier alpha value is -2.63. The number of nitrogens with zero attached hydrogens (tertiary/aromatic N) is 2. The number of allylic oxidation sites excluding steroid dienone is 3. The van der Waals surface area contributed by atoms with Crippen molar-refractivity contribution in [3.63, 3.8) is 0 Å². The molecule has 0 bridgehead atoms. The number of hydrogen-bond acceptors (Lipinski definition) is 4. The Morgan fingerprint density at radius 3 is 2.63 bits per heavy atom. The van der Waals surface area contributed by atoms with E-state index in [-0.39, 0.29) is 11.7 Å². The van der Waals surface area contributed by atoms with E-state index in [1.165, 1.54) is 31.9 Å². The fourth-order valence-electron chi connectivity index (χ4n) is 3.95. The van der Waals surface area contributed by atoms with Crippen molar-refractivity contribution < 1.29 is 9.36 Å². The molecule has 0 spiro atoms. The summed E-state index contributed by atoms with van der Waals surface area (Å²) in [5, 5.41) is 2.09. The van der Waals surface area contributed by atoms with Crippen LogP contribution in [0.1, 0.15) is 16.1 Å². The first-order valence-electron chi connectivity index (χ1n) is 9.85. The first-order valence-corrected chi connectivity index (χ1v) is 11.5. The molecule has 3 nitrogen and oxygen atoms in total. The maximum Gasteiger partial charge on any atom is 0.245 e. The zero-order valence-corrected chi connectivity index (χ0v) is 19.0. The predicted molar refractivity (Wildman–Crippen MR) is 126 cm³/mol. The molecule has 1 aliphatic heterocycles. The van der Waals surface area contributed by atoms with Gasteiger partial charge in [0.05, 0.1) is 16.5 Å². The first kappa shape index (κ1) is 19.3. The van der Waals surface area contributed by atoms with Crippen LogP contribution in [0.5, 0.6) is 0 Å². The molecule has 1 fully saturated rings. The SMILES string of the molecule is [CH-]=C1C(=Cc2sc3ccc(C)cc3[n+]2C)C(=O)C1C=C1Sc2ccc(C)cc2N1C. The van der Waals surface area contributed by atoms with Crippen molar-refractivity contribution in [1.82, 2.24) is 0 Å². The van der Waals surface area contributed by atoms with Crippen molar-refractivity contribution in [2.45, 2.75) is 18.7 Å². The summed E-state index contributed by atoms with van der Waals surface area (Å²) in [6.07, 6.45) is 3.94. The quantitative estimate of drug-likeness (QED) is 0.310. The monoisotopic (exact) mass is 430 g/mol. The molecule has 1 unspecified atom stereocenters. The average molecular weight is 431 g/mol. The number of anilines is 1. The fourth-order valence-corrected chi connectivity index (χ4v) is 6.13. The van der Waals surface area contributed by atoms with Crippen molar-refractivity contribution in [3.05, 3.63) is 81.4 Å². The van der Waals surface area contributed by atoms with Gasteiger partial charge in [0, 0.05) is 23.9 Å². The van der Waals surface area contributed by atoms with Crippen LogP contribution in [0.15, 0.2) is 63.5 Å². The maximum absolute atomic E-state index is 12.9. The van der Waals surface area contributed by atoms with E-state index in [1.807, 2.05) is 26.2 Å². The second kappa shape index (κ2) is 6.96. The standard InChI is InChI=1S/C25H22N2OS2/c1-14-6-8-21-19(10-14)26(4)23(29-21)12-17-16(3)18(25(17)28)13-24-27(5)20-11-15(2)7-9-22(20)30-24/h3,6-13,17H,1-2,4-5H3. The number of aryl methyl sites for hydroxylation is 3. The van der Waals surface area contributed by atoms with Gasteiger partial charge in [0.25, 0.3) is 0 Å². The summed E-state index contributed by atoms with van der Waals surface area (Å²) in [6, 6.07) is 12.8. The zero-order chi connectivity index (χ0) is 21.2. The third kappa shape index (κ3) is 2.96. The zero-order valence-electron chi connectivity index (χ0n) is 17.4. The summed E-state index contributed by atoms with van der Waals surface area (Å²) in [6.45, 7) is 10.6. The molecule has 1 atom stereocenters. The van der Waals surface area contributed by atoms with Crippen molar-refractivity contribution in [2.75, 3.05) is 11.9 Å². The van der Waals surface area contributed by atoms with Crippen molar-refractivity contribution in [2.24, 2.45) is 13.0 Å². The highest BCUT2D eigenvalue weighted by Gasteiger charge is 2.31. The predicted octanol–water partition coefficient (Wildman–Crippen LogP) is 5.37. The minimum Gasteiger partial charge on any atom is -0.338 e. The molecule has 2 aromatic carbocycles. The number of benzene rings is 2. The lowest BCUT2D eigenvalue weighted by atomic mass is 9.74. The number of Topliss-reactive ketones (excluding diaryl/α,β-unsaturated/α-hetero) is 1. The minimum atomic E-state index is -0.349. The Morgan fingerprint density at radius 1 is 1.13 bits per heavy atom. The number of thioether (sulfide) groups is 1. The fraction of sp³-hybridized carbons (Fsp3) is 0.200. The summed E-state index contributed by atoms with van der Waals surface area (Å²) >= 11 is 3.37. The number of hydrogen-bond donors (Lipinski definition) is 0. The highest BCUT2D eigenvalue weighted by Crippen LogP contribution is 2.47. The van der Waals surface area contributed by atoms with Crippen LogP contribution in [0, 0.1) is 26.3 Å². The molecule has 0 amide bonds. The van der Waals surface area contributed by atoms with Crippen LogP contribution in [0.25, 0.3) is 16.3 Å². The van der Waals surface area contributed by atoms with Gasteiger partial charge in [0.1, 0.15) is 11.7 Å². The molecular formula is C25H22N2OS2. The molecule has 1 aliphatic carbocycles. The summed E-state index contributed by atoms with van der Waals surface area (Å²) in [5.41, 5.74) is 6.09. The van der Waals surface area contributed by atoms with Gasteiger partial charge in [-0.15, -0.1) is 5.57 Å². The van der Waals surface area contributed by atoms with Gasteiger partial charge in [-0.05, 0) is 55.3 Å². The molecule has 2 heterocycles. The van der Waals surface area contributed by atoms with Crippen molar-refractivity contribution in [3.8, 4) is 0 Å². The number of fused-ring (bicyclic) bond motifs is 2. The normalized spacial score (nSPS) is 21.1. The second-order valence-corrected chi connectivity index (χ2v) is 10.1. The molecule has 30 heavy (non-hydrogen) atoms. The van der Waals surface area contributed by atoms with Gasteiger partial charge in [0.2, 0.25) is 10.5 Å². The van der Waals surface area contributed by atoms with Crippen LogP contribution < -0.4 is 9.47 Å². The molecule has 1 saturated carbocycles. The molecule has 5 rings (SSSR count). The van der Waals surface area contributed by atoms with E-state index in [0.29, 0.717) is 11.1 Å². The number of thiazole rings is 1. The Balaban J connectivity index is 1.42. The van der Waals surface area contributed by atoms with Gasteiger partial charge in [-0.25, -0.2) is 5.57 Å². The van der Waals surface area contributed by atoms with Crippen LogP contribution in [0.3, 0.4) is 0 Å². The largest absolute Gasteiger partial charge is 0.338 e. The molecule has 0 saturated heterocycles. The lowest BCUT2D eigenvalue weighted by Crippen LogP contribution is -2.33. The Labute approximate surface area is 185 Å². The summed E-state index contributed by atoms with van der Waals surface area (Å²) in [5.74, 6) is -0.256. The van der Waals surface area contributed by atoms with E-state index in [9.17, 15) is 4.79 Å². The number of carbonyl (C=O) groups is 1. The Morgan fingerprint density at radius 2 is 1.87 bits per heavy atom. The maximum atomic E-state index is 12.9. The van der Waals surface area contributed by atoms with Crippen LogP contribution >= 0.6 is 23.1 Å². The van der Waals surface area contributed by atoms with Crippen LogP contribution in [0.2, 0.25) is 0 Å². The third-order valence-electron chi connectivity index (χ3n) is 5.81. The summed E-state index contributed by atoms with van der Waals surface area (Å²) < 4.78 is 3.34. The topological polar surface area (TPSA) is 24.2 Å². The average Bonchev–Trinajstić information content (AvgIpc) is 3.21. The lowest BCUT2D eigenvalue weighted by molar-refractivity contribution is -0.642. The highest BCUT2D eigenvalue weighted by molar-refractivity contribution is 8.03. The van der Waals surface area contributed by atoms with E-state index in [1.54, 1.807) is 23.1 Å². The van der Waals surface area contributed by atoms with E-state index in [4.69, 9.17) is 6.58 Å². The molecule has 0 radical (unpaired) electrons. The number of carbonyl (C=O) groups excluding carboxylic acids is 1. The second-order valence-electron chi connectivity index (χ2n) is 7.96. The summed E-state index contributed by atoms with van der Waals surface area (Å²) in [7, 11) is 4.08. The third-order valence-corrected chi connectivity index (χ3v) is 8.16. The number of rotatable bonds is 2. The molecule has 1 aromatic heterocycles. The van der Waals surface area contributed by atoms with Crippen LogP contribution in [-0.2, 0) is 11.8 Å². The molecule has 0 N–H and O–H groups in total. The lowest BCUT2D eigenvalue weighted by Gasteiger charge is -2.38. The van der Waals surface area contributed by atoms with Gasteiger partial charge < -0.3 is 9.69 Å². The molecule has 5 heteroatoms. The number of aromatic nitrogens is 1. The van der Waals surface area contributed by atoms with Gasteiger partial charge in [-0.1, -0.05) is 35.2 Å². The first-order chi connectivity index (χ1) is 14.3. The Kier molecular flexibility index (Phi) is 4.49. The van der Waals surface area contributed by atoms with E-state index < -0.39 is 0 Å². The molecule has 2 aliphatic rings. The Bertz CT molecular complexity index is 1290.